The minimum atomic E-state index is -0.624. The van der Waals surface area contributed by atoms with E-state index < -0.39 is 18.5 Å². The molecule has 1 fully saturated rings. The van der Waals surface area contributed by atoms with Gasteiger partial charge in [0.25, 0.3) is 5.91 Å². The number of hydrogen-bond acceptors (Lipinski definition) is 7. The normalized spacial score (nSPS) is 15.1. The van der Waals surface area contributed by atoms with Crippen LogP contribution in [0.1, 0.15) is 19.8 Å². The zero-order valence-corrected chi connectivity index (χ0v) is 16.1. The lowest BCUT2D eigenvalue weighted by atomic mass is 10.2. The largest absolute Gasteiger partial charge is 0.456 e. The number of rotatable bonds is 6. The number of benzene rings is 1. The minimum absolute atomic E-state index is 0.00266. The van der Waals surface area contributed by atoms with E-state index in [0.717, 1.165) is 0 Å². The van der Waals surface area contributed by atoms with Crippen molar-refractivity contribution in [1.82, 2.24) is 9.80 Å². The lowest BCUT2D eigenvalue weighted by molar-refractivity contribution is -0.149. The minimum Gasteiger partial charge on any atom is -0.456 e. The van der Waals surface area contributed by atoms with Crippen LogP contribution in [0.25, 0.3) is 0 Å². The van der Waals surface area contributed by atoms with Crippen LogP contribution in [0.15, 0.2) is 18.2 Å². The first-order chi connectivity index (χ1) is 13.9. The first-order valence-corrected chi connectivity index (χ1v) is 9.31. The Morgan fingerprint density at radius 1 is 1.00 bits per heavy atom. The van der Waals surface area contributed by atoms with Gasteiger partial charge >= 0.3 is 5.97 Å². The van der Waals surface area contributed by atoms with E-state index in [-0.39, 0.29) is 31.4 Å². The van der Waals surface area contributed by atoms with Crippen molar-refractivity contribution >= 4 is 29.4 Å². The number of nitrogens with one attached hydrogen (secondary N) is 1. The van der Waals surface area contributed by atoms with Gasteiger partial charge in [0.05, 0.1) is 6.42 Å². The highest BCUT2D eigenvalue weighted by Gasteiger charge is 2.23. The number of carbonyl (C=O) groups is 4. The maximum Gasteiger partial charge on any atom is 0.306 e. The molecule has 0 saturated carbocycles. The lowest BCUT2D eigenvalue weighted by Crippen LogP contribution is -2.50. The molecule has 3 rings (SSSR count). The third kappa shape index (κ3) is 5.59. The lowest BCUT2D eigenvalue weighted by Gasteiger charge is -2.34. The molecule has 1 saturated heterocycles. The Balaban J connectivity index is 1.34. The van der Waals surface area contributed by atoms with Gasteiger partial charge in [0.2, 0.25) is 18.6 Å². The van der Waals surface area contributed by atoms with Gasteiger partial charge in [0, 0.05) is 51.3 Å². The molecule has 0 spiro atoms. The van der Waals surface area contributed by atoms with Crippen LogP contribution in [-0.4, -0.2) is 73.1 Å². The summed E-state index contributed by atoms with van der Waals surface area (Å²) in [5.74, 6) is -0.177. The summed E-state index contributed by atoms with van der Waals surface area (Å²) in [6.07, 6.45) is -0.105. The Labute approximate surface area is 167 Å². The Hall–Kier alpha value is -3.30. The molecule has 0 atom stereocenters. The third-order valence-corrected chi connectivity index (χ3v) is 4.64. The topological polar surface area (TPSA) is 114 Å². The van der Waals surface area contributed by atoms with E-state index in [9.17, 15) is 19.2 Å². The molecule has 10 heteroatoms. The molecule has 0 unspecified atom stereocenters. The van der Waals surface area contributed by atoms with Crippen LogP contribution >= 0.6 is 0 Å². The van der Waals surface area contributed by atoms with Crippen molar-refractivity contribution in [2.75, 3.05) is 44.9 Å². The molecule has 0 bridgehead atoms. The van der Waals surface area contributed by atoms with Gasteiger partial charge in [0.1, 0.15) is 0 Å². The third-order valence-electron chi connectivity index (χ3n) is 4.64. The zero-order valence-electron chi connectivity index (χ0n) is 16.1. The van der Waals surface area contributed by atoms with Gasteiger partial charge in [-0.2, -0.15) is 0 Å². The molecule has 29 heavy (non-hydrogen) atoms. The average molecular weight is 405 g/mol. The molecule has 0 radical (unpaired) electrons. The van der Waals surface area contributed by atoms with E-state index in [0.29, 0.717) is 43.4 Å². The SMILES string of the molecule is CC(=O)N1CCN(C(=O)CCC(=O)OCC(=O)Nc2ccc3c(c2)OCO3)CC1. The van der Waals surface area contributed by atoms with Crippen LogP contribution in [0, 0.1) is 0 Å². The number of piperazine rings is 1. The van der Waals surface area contributed by atoms with Gasteiger partial charge in [-0.3, -0.25) is 19.2 Å². The summed E-state index contributed by atoms with van der Waals surface area (Å²) in [7, 11) is 0. The second kappa shape index (κ2) is 9.26. The molecule has 3 amide bonds. The van der Waals surface area contributed by atoms with Gasteiger partial charge in [-0.1, -0.05) is 0 Å². The van der Waals surface area contributed by atoms with Crippen molar-refractivity contribution in [3.63, 3.8) is 0 Å². The molecule has 156 valence electrons. The van der Waals surface area contributed by atoms with Crippen LogP contribution < -0.4 is 14.8 Å². The number of fused-ring (bicyclic) bond motifs is 1. The second-order valence-corrected chi connectivity index (χ2v) is 6.66. The van der Waals surface area contributed by atoms with Gasteiger partial charge in [-0.05, 0) is 12.1 Å². The summed E-state index contributed by atoms with van der Waals surface area (Å²) < 4.78 is 15.3. The maximum absolute atomic E-state index is 12.2. The molecule has 1 aromatic rings. The number of carbonyl (C=O) groups excluding carboxylic acids is 4. The Morgan fingerprint density at radius 3 is 2.41 bits per heavy atom. The predicted molar refractivity (Wildman–Crippen MR) is 100 cm³/mol. The van der Waals surface area contributed by atoms with E-state index in [1.54, 1.807) is 28.0 Å². The molecule has 2 aliphatic rings. The molecule has 0 aliphatic carbocycles. The summed E-state index contributed by atoms with van der Waals surface area (Å²) in [4.78, 5) is 50.5. The monoisotopic (exact) mass is 405 g/mol. The van der Waals surface area contributed by atoms with Crippen molar-refractivity contribution in [2.24, 2.45) is 0 Å². The second-order valence-electron chi connectivity index (χ2n) is 6.66. The van der Waals surface area contributed by atoms with Crippen molar-refractivity contribution in [1.29, 1.82) is 0 Å². The number of amides is 3. The zero-order chi connectivity index (χ0) is 20.8. The van der Waals surface area contributed by atoms with Gasteiger partial charge in [0.15, 0.2) is 18.1 Å². The van der Waals surface area contributed by atoms with E-state index >= 15 is 0 Å². The summed E-state index contributed by atoms with van der Waals surface area (Å²) in [6.45, 7) is 3.07. The van der Waals surface area contributed by atoms with Crippen LogP contribution in [-0.2, 0) is 23.9 Å². The van der Waals surface area contributed by atoms with E-state index in [1.165, 1.54) is 6.92 Å². The van der Waals surface area contributed by atoms with E-state index in [1.807, 2.05) is 0 Å². The van der Waals surface area contributed by atoms with Crippen molar-refractivity contribution in [3.8, 4) is 11.5 Å². The highest BCUT2D eigenvalue weighted by Crippen LogP contribution is 2.34. The van der Waals surface area contributed by atoms with Crippen molar-refractivity contribution in [3.05, 3.63) is 18.2 Å². The molecule has 2 aliphatic heterocycles. The standard InChI is InChI=1S/C19H23N3O7/c1-13(23)21-6-8-22(9-7-21)18(25)4-5-19(26)27-11-17(24)20-14-2-3-15-16(10-14)29-12-28-15/h2-3,10H,4-9,11-12H2,1H3,(H,20,24). The average Bonchev–Trinajstić information content (AvgIpc) is 3.18. The Kier molecular flexibility index (Phi) is 6.53. The molecular weight excluding hydrogens is 382 g/mol. The van der Waals surface area contributed by atoms with Crippen LogP contribution in [0.5, 0.6) is 11.5 Å². The number of hydrogen-bond donors (Lipinski definition) is 1. The highest BCUT2D eigenvalue weighted by atomic mass is 16.7. The van der Waals surface area contributed by atoms with Crippen molar-refractivity contribution < 1.29 is 33.4 Å². The molecule has 10 nitrogen and oxygen atoms in total. The molecule has 1 aromatic carbocycles. The fourth-order valence-electron chi connectivity index (χ4n) is 3.03. The number of nitrogens with zero attached hydrogens (tertiary/aromatic N) is 2. The van der Waals surface area contributed by atoms with Gasteiger partial charge in [-0.15, -0.1) is 0 Å². The summed E-state index contributed by atoms with van der Waals surface area (Å²) in [5, 5.41) is 2.60. The summed E-state index contributed by atoms with van der Waals surface area (Å²) >= 11 is 0. The Bertz CT molecular complexity index is 803. The van der Waals surface area contributed by atoms with Gasteiger partial charge in [-0.25, -0.2) is 0 Å². The smallest absolute Gasteiger partial charge is 0.306 e. The highest BCUT2D eigenvalue weighted by molar-refractivity contribution is 5.93. The Morgan fingerprint density at radius 2 is 1.69 bits per heavy atom. The van der Waals surface area contributed by atoms with Gasteiger partial charge < -0.3 is 29.3 Å². The van der Waals surface area contributed by atoms with Crippen molar-refractivity contribution in [2.45, 2.75) is 19.8 Å². The van der Waals surface area contributed by atoms with Crippen LogP contribution in [0.4, 0.5) is 5.69 Å². The molecule has 0 aromatic heterocycles. The first-order valence-electron chi connectivity index (χ1n) is 9.31. The fraction of sp³-hybridized carbons (Fsp3) is 0.474. The predicted octanol–water partition coefficient (Wildman–Crippen LogP) is 0.368. The first kappa shape index (κ1) is 20.4. The summed E-state index contributed by atoms with van der Waals surface area (Å²) in [6, 6.07) is 4.94. The fourth-order valence-corrected chi connectivity index (χ4v) is 3.03. The summed E-state index contributed by atoms with van der Waals surface area (Å²) in [5.41, 5.74) is 0.496. The van der Waals surface area contributed by atoms with E-state index in [4.69, 9.17) is 14.2 Å². The number of esters is 1. The molecule has 2 heterocycles. The number of ether oxygens (including phenoxy) is 3. The maximum atomic E-state index is 12.2. The molecule has 1 N–H and O–H groups in total. The molecular formula is C19H23N3O7. The van der Waals surface area contributed by atoms with Crippen LogP contribution in [0.2, 0.25) is 0 Å². The van der Waals surface area contributed by atoms with E-state index in [2.05, 4.69) is 5.32 Å². The van der Waals surface area contributed by atoms with Crippen LogP contribution in [0.3, 0.4) is 0 Å². The number of anilines is 1. The quantitative estimate of drug-likeness (QED) is 0.680.